The Hall–Kier alpha value is -1.50. The molecule has 0 spiro atoms. The zero-order chi connectivity index (χ0) is 11.4. The molecule has 0 saturated heterocycles. The molecule has 7 heteroatoms. The number of nitrogens with two attached hydrogens (primary N) is 1. The van der Waals surface area contributed by atoms with Crippen molar-refractivity contribution in [3.63, 3.8) is 0 Å². The van der Waals surface area contributed by atoms with Crippen LogP contribution in [-0.4, -0.2) is 28.2 Å². The fraction of sp³-hybridized carbons (Fsp3) is 0.500. The smallest absolute Gasteiger partial charge is 0.257 e. The number of carbonyl (C=O) groups is 1. The molecule has 1 aromatic heterocycles. The van der Waals surface area contributed by atoms with Gasteiger partial charge in [-0.05, 0) is 6.92 Å². The number of aromatic nitrogens is 2. The van der Waals surface area contributed by atoms with Crippen molar-refractivity contribution in [3.05, 3.63) is 12.4 Å². The summed E-state index contributed by atoms with van der Waals surface area (Å²) in [4.78, 5) is 11.1. The lowest BCUT2D eigenvalue weighted by molar-refractivity contribution is -0.117. The lowest BCUT2D eigenvalue weighted by Gasteiger charge is -2.04. The maximum atomic E-state index is 12.0. The van der Waals surface area contributed by atoms with Gasteiger partial charge in [0.2, 0.25) is 5.91 Å². The van der Waals surface area contributed by atoms with E-state index in [0.29, 0.717) is 5.69 Å². The summed E-state index contributed by atoms with van der Waals surface area (Å²) in [6.07, 6.45) is 0.150. The summed E-state index contributed by atoms with van der Waals surface area (Å²) in [6.45, 7) is 1.03. The van der Waals surface area contributed by atoms with Crippen molar-refractivity contribution in [3.8, 4) is 0 Å². The second-order valence-corrected chi connectivity index (χ2v) is 3.12. The fourth-order valence-electron chi connectivity index (χ4n) is 0.925. The van der Waals surface area contributed by atoms with Crippen molar-refractivity contribution in [2.45, 2.75) is 25.9 Å². The van der Waals surface area contributed by atoms with Crippen LogP contribution in [0.25, 0.3) is 0 Å². The van der Waals surface area contributed by atoms with E-state index in [1.54, 1.807) is 0 Å². The first-order valence-electron chi connectivity index (χ1n) is 4.36. The van der Waals surface area contributed by atoms with Crippen LogP contribution in [-0.2, 0) is 11.3 Å². The van der Waals surface area contributed by atoms with Gasteiger partial charge in [-0.25, -0.2) is 8.78 Å². The normalized spacial score (nSPS) is 12.9. The van der Waals surface area contributed by atoms with Crippen molar-refractivity contribution in [1.29, 1.82) is 0 Å². The van der Waals surface area contributed by atoms with Gasteiger partial charge in [0.05, 0.1) is 17.9 Å². The molecule has 0 aliphatic heterocycles. The largest absolute Gasteiger partial charge is 0.322 e. The van der Waals surface area contributed by atoms with Gasteiger partial charge in [0.15, 0.2) is 0 Å². The van der Waals surface area contributed by atoms with Gasteiger partial charge >= 0.3 is 0 Å². The van der Waals surface area contributed by atoms with Crippen LogP contribution in [0, 0.1) is 0 Å². The third kappa shape index (κ3) is 3.62. The molecular weight excluding hydrogens is 206 g/mol. The minimum absolute atomic E-state index is 0.359. The molecule has 0 aromatic carbocycles. The second-order valence-electron chi connectivity index (χ2n) is 3.12. The van der Waals surface area contributed by atoms with Gasteiger partial charge in [-0.2, -0.15) is 5.10 Å². The highest BCUT2D eigenvalue weighted by atomic mass is 19.3. The van der Waals surface area contributed by atoms with Crippen LogP contribution in [0.4, 0.5) is 14.5 Å². The maximum absolute atomic E-state index is 12.0. The molecule has 0 aliphatic carbocycles. The topological polar surface area (TPSA) is 72.9 Å². The highest BCUT2D eigenvalue weighted by Gasteiger charge is 2.10. The number of nitrogens with zero attached hydrogens (tertiary/aromatic N) is 2. The monoisotopic (exact) mass is 218 g/mol. The highest BCUT2D eigenvalue weighted by molar-refractivity contribution is 5.94. The van der Waals surface area contributed by atoms with Gasteiger partial charge in [-0.15, -0.1) is 0 Å². The zero-order valence-corrected chi connectivity index (χ0v) is 8.15. The first kappa shape index (κ1) is 11.6. The Morgan fingerprint density at radius 3 is 2.93 bits per heavy atom. The van der Waals surface area contributed by atoms with Crippen LogP contribution in [0.2, 0.25) is 0 Å². The Bertz CT molecular complexity index is 337. The van der Waals surface area contributed by atoms with Gasteiger partial charge in [-0.3, -0.25) is 9.48 Å². The van der Waals surface area contributed by atoms with Crippen LogP contribution >= 0.6 is 0 Å². The third-order valence-corrected chi connectivity index (χ3v) is 1.64. The SMILES string of the molecule is CC(N)C(=O)Nc1cnn(CC(F)F)c1. The summed E-state index contributed by atoms with van der Waals surface area (Å²) < 4.78 is 25.0. The molecule has 1 aromatic rings. The molecule has 3 N–H and O–H groups in total. The Morgan fingerprint density at radius 1 is 1.73 bits per heavy atom. The molecule has 84 valence electrons. The first-order chi connectivity index (χ1) is 6.99. The van der Waals surface area contributed by atoms with Crippen LogP contribution in [0.3, 0.4) is 0 Å². The highest BCUT2D eigenvalue weighted by Crippen LogP contribution is 2.06. The fourth-order valence-corrected chi connectivity index (χ4v) is 0.925. The Morgan fingerprint density at radius 2 is 2.40 bits per heavy atom. The van der Waals surface area contributed by atoms with Crippen molar-refractivity contribution in [2.75, 3.05) is 5.32 Å². The van der Waals surface area contributed by atoms with Gasteiger partial charge in [0, 0.05) is 6.20 Å². The van der Waals surface area contributed by atoms with E-state index in [0.717, 1.165) is 4.68 Å². The van der Waals surface area contributed by atoms with Crippen molar-refractivity contribution in [1.82, 2.24) is 9.78 Å². The number of halogens is 2. The van der Waals surface area contributed by atoms with Crippen LogP contribution in [0.15, 0.2) is 12.4 Å². The number of hydrogen-bond donors (Lipinski definition) is 2. The molecule has 1 unspecified atom stereocenters. The van der Waals surface area contributed by atoms with Gasteiger partial charge in [0.25, 0.3) is 6.43 Å². The minimum atomic E-state index is -2.47. The van der Waals surface area contributed by atoms with Crippen LogP contribution in [0.1, 0.15) is 6.92 Å². The minimum Gasteiger partial charge on any atom is -0.322 e. The maximum Gasteiger partial charge on any atom is 0.257 e. The average Bonchev–Trinajstić information content (AvgIpc) is 2.51. The zero-order valence-electron chi connectivity index (χ0n) is 8.15. The van der Waals surface area contributed by atoms with Crippen molar-refractivity contribution < 1.29 is 13.6 Å². The predicted octanol–water partition coefficient (Wildman–Crippen LogP) is 0.434. The van der Waals surface area contributed by atoms with Crippen molar-refractivity contribution in [2.24, 2.45) is 5.73 Å². The molecule has 0 fully saturated rings. The summed E-state index contributed by atoms with van der Waals surface area (Å²) >= 11 is 0. The number of amides is 1. The molecule has 0 bridgehead atoms. The van der Waals surface area contributed by atoms with E-state index in [1.807, 2.05) is 0 Å². The van der Waals surface area contributed by atoms with Gasteiger partial charge in [0.1, 0.15) is 6.54 Å². The molecule has 0 aliphatic rings. The third-order valence-electron chi connectivity index (χ3n) is 1.64. The summed E-state index contributed by atoms with van der Waals surface area (Å²) in [5.74, 6) is -0.383. The van der Waals surface area contributed by atoms with E-state index in [-0.39, 0.29) is 5.91 Å². The number of hydrogen-bond acceptors (Lipinski definition) is 3. The van der Waals surface area contributed by atoms with E-state index >= 15 is 0 Å². The van der Waals surface area contributed by atoms with Crippen molar-refractivity contribution >= 4 is 11.6 Å². The standard InChI is InChI=1S/C8H12F2N4O/c1-5(11)8(15)13-6-2-12-14(3-6)4-7(9)10/h2-3,5,7H,4,11H2,1H3,(H,13,15). The number of rotatable bonds is 4. The molecule has 15 heavy (non-hydrogen) atoms. The lowest BCUT2D eigenvalue weighted by Crippen LogP contribution is -2.32. The summed E-state index contributed by atoms with van der Waals surface area (Å²) in [6, 6.07) is -0.650. The van der Waals surface area contributed by atoms with Crippen LogP contribution in [0.5, 0.6) is 0 Å². The Labute approximate surface area is 85.2 Å². The Kier molecular flexibility index (Phi) is 3.73. The quantitative estimate of drug-likeness (QED) is 0.769. The van der Waals surface area contributed by atoms with Crippen LogP contribution < -0.4 is 11.1 Å². The number of carbonyl (C=O) groups excluding carboxylic acids is 1. The first-order valence-corrected chi connectivity index (χ1v) is 4.36. The number of alkyl halides is 2. The average molecular weight is 218 g/mol. The molecule has 1 atom stereocenters. The molecule has 5 nitrogen and oxygen atoms in total. The molecular formula is C8H12F2N4O. The van der Waals surface area contributed by atoms with E-state index in [4.69, 9.17) is 5.73 Å². The van der Waals surface area contributed by atoms with E-state index in [9.17, 15) is 13.6 Å². The van der Waals surface area contributed by atoms with Gasteiger partial charge < -0.3 is 11.1 Å². The van der Waals surface area contributed by atoms with E-state index in [2.05, 4.69) is 10.4 Å². The van der Waals surface area contributed by atoms with E-state index in [1.165, 1.54) is 19.3 Å². The van der Waals surface area contributed by atoms with E-state index < -0.39 is 19.0 Å². The summed E-state index contributed by atoms with van der Waals surface area (Å²) in [5.41, 5.74) is 5.67. The molecule has 1 heterocycles. The second kappa shape index (κ2) is 4.83. The predicted molar refractivity (Wildman–Crippen MR) is 50.5 cm³/mol. The molecule has 0 saturated carbocycles. The number of nitrogens with one attached hydrogen (secondary N) is 1. The van der Waals surface area contributed by atoms with Gasteiger partial charge in [-0.1, -0.05) is 0 Å². The lowest BCUT2D eigenvalue weighted by atomic mass is 10.3. The molecule has 1 amide bonds. The molecule has 1 rings (SSSR count). The number of anilines is 1. The molecule has 0 radical (unpaired) electrons. The summed E-state index contributed by atoms with van der Waals surface area (Å²) in [5, 5.41) is 6.09. The Balaban J connectivity index is 2.56. The summed E-state index contributed by atoms with van der Waals surface area (Å²) in [7, 11) is 0.